The molecule has 0 aliphatic rings. The Morgan fingerprint density at radius 1 is 1.21 bits per heavy atom. The minimum absolute atomic E-state index is 0.222. The third kappa shape index (κ3) is 3.96. The van der Waals surface area contributed by atoms with Gasteiger partial charge < -0.3 is 5.32 Å². The zero-order chi connectivity index (χ0) is 13.7. The number of benzene rings is 2. The molecule has 1 nitrogen and oxygen atoms in total. The third-order valence-electron chi connectivity index (χ3n) is 2.65. The van der Waals surface area contributed by atoms with Gasteiger partial charge in [0.25, 0.3) is 0 Å². The van der Waals surface area contributed by atoms with Crippen molar-refractivity contribution in [2.45, 2.75) is 23.3 Å². The molecule has 0 heterocycles. The Morgan fingerprint density at radius 2 is 2.00 bits per heavy atom. The summed E-state index contributed by atoms with van der Waals surface area (Å²) in [5.41, 5.74) is 1.06. The fraction of sp³-hybridized carbons (Fsp3) is 0.200. The minimum Gasteiger partial charge on any atom is -0.313 e. The molecule has 0 spiro atoms. The van der Waals surface area contributed by atoms with E-state index in [0.717, 1.165) is 26.9 Å². The van der Waals surface area contributed by atoms with Crippen LogP contribution in [-0.4, -0.2) is 6.54 Å². The SMILES string of the molecule is CCNCc1c(Cl)cccc1Sc1cccc(F)c1. The first-order valence-electron chi connectivity index (χ1n) is 6.12. The Labute approximate surface area is 122 Å². The Bertz CT molecular complexity index is 560. The van der Waals surface area contributed by atoms with Crippen LogP contribution in [0.1, 0.15) is 12.5 Å². The molecular weight excluding hydrogens is 281 g/mol. The Kier molecular flexibility index (Phi) is 5.25. The second-order valence-electron chi connectivity index (χ2n) is 4.06. The first-order chi connectivity index (χ1) is 9.20. The monoisotopic (exact) mass is 295 g/mol. The molecule has 100 valence electrons. The third-order valence-corrected chi connectivity index (χ3v) is 4.10. The maximum atomic E-state index is 13.2. The predicted molar refractivity (Wildman–Crippen MR) is 79.4 cm³/mol. The van der Waals surface area contributed by atoms with E-state index in [9.17, 15) is 4.39 Å². The van der Waals surface area contributed by atoms with Gasteiger partial charge >= 0.3 is 0 Å². The lowest BCUT2D eigenvalue weighted by Gasteiger charge is -2.11. The van der Waals surface area contributed by atoms with E-state index in [0.29, 0.717) is 6.54 Å². The molecule has 2 rings (SSSR count). The van der Waals surface area contributed by atoms with Gasteiger partial charge in [-0.1, -0.05) is 42.4 Å². The molecular formula is C15H15ClFNS. The lowest BCUT2D eigenvalue weighted by Crippen LogP contribution is -2.12. The largest absolute Gasteiger partial charge is 0.313 e. The van der Waals surface area contributed by atoms with E-state index in [-0.39, 0.29) is 5.82 Å². The van der Waals surface area contributed by atoms with E-state index < -0.39 is 0 Å². The zero-order valence-electron chi connectivity index (χ0n) is 10.6. The second-order valence-corrected chi connectivity index (χ2v) is 5.58. The van der Waals surface area contributed by atoms with E-state index in [4.69, 9.17) is 11.6 Å². The first-order valence-corrected chi connectivity index (χ1v) is 7.31. The van der Waals surface area contributed by atoms with Crippen LogP contribution in [0.25, 0.3) is 0 Å². The van der Waals surface area contributed by atoms with Gasteiger partial charge in [-0.2, -0.15) is 0 Å². The van der Waals surface area contributed by atoms with Gasteiger partial charge in [0, 0.05) is 21.4 Å². The zero-order valence-corrected chi connectivity index (χ0v) is 12.2. The van der Waals surface area contributed by atoms with Crippen LogP contribution < -0.4 is 5.32 Å². The van der Waals surface area contributed by atoms with Crippen molar-refractivity contribution in [2.75, 3.05) is 6.54 Å². The highest BCUT2D eigenvalue weighted by Crippen LogP contribution is 2.33. The average molecular weight is 296 g/mol. The summed E-state index contributed by atoms with van der Waals surface area (Å²) >= 11 is 7.76. The lowest BCUT2D eigenvalue weighted by atomic mass is 10.2. The van der Waals surface area contributed by atoms with Crippen LogP contribution in [0.2, 0.25) is 5.02 Å². The average Bonchev–Trinajstić information content (AvgIpc) is 2.38. The molecule has 0 aliphatic carbocycles. The van der Waals surface area contributed by atoms with Crippen LogP contribution in [0.4, 0.5) is 4.39 Å². The van der Waals surface area contributed by atoms with Crippen LogP contribution >= 0.6 is 23.4 Å². The molecule has 2 aromatic rings. The quantitative estimate of drug-likeness (QED) is 0.855. The molecule has 0 aromatic heterocycles. The second kappa shape index (κ2) is 6.94. The summed E-state index contributed by atoms with van der Waals surface area (Å²) in [7, 11) is 0. The van der Waals surface area contributed by atoms with Gasteiger partial charge in [0.05, 0.1) is 0 Å². The van der Waals surface area contributed by atoms with Gasteiger partial charge in [0.1, 0.15) is 5.82 Å². The van der Waals surface area contributed by atoms with Crippen molar-refractivity contribution in [1.29, 1.82) is 0 Å². The summed E-state index contributed by atoms with van der Waals surface area (Å²) in [5, 5.41) is 4.01. The van der Waals surface area contributed by atoms with Crippen molar-refractivity contribution in [3.05, 3.63) is 58.9 Å². The van der Waals surface area contributed by atoms with Crippen molar-refractivity contribution < 1.29 is 4.39 Å². The summed E-state index contributed by atoms with van der Waals surface area (Å²) in [6.45, 7) is 3.65. The summed E-state index contributed by atoms with van der Waals surface area (Å²) in [5.74, 6) is -0.222. The molecule has 0 atom stereocenters. The van der Waals surface area contributed by atoms with E-state index in [1.807, 2.05) is 24.3 Å². The molecule has 2 aromatic carbocycles. The maximum Gasteiger partial charge on any atom is 0.124 e. The highest BCUT2D eigenvalue weighted by molar-refractivity contribution is 7.99. The number of hydrogen-bond acceptors (Lipinski definition) is 2. The number of halogens is 2. The van der Waals surface area contributed by atoms with Crippen LogP contribution in [0, 0.1) is 5.82 Å². The maximum absolute atomic E-state index is 13.2. The molecule has 0 saturated heterocycles. The minimum atomic E-state index is -0.222. The standard InChI is InChI=1S/C15H15ClFNS/c1-2-18-10-13-14(16)7-4-8-15(13)19-12-6-3-5-11(17)9-12/h3-9,18H,2,10H2,1H3. The van der Waals surface area contributed by atoms with Crippen LogP contribution in [0.3, 0.4) is 0 Å². The lowest BCUT2D eigenvalue weighted by molar-refractivity contribution is 0.624. The number of rotatable bonds is 5. The number of hydrogen-bond donors (Lipinski definition) is 1. The van der Waals surface area contributed by atoms with Crippen molar-refractivity contribution in [3.8, 4) is 0 Å². The molecule has 0 aliphatic heterocycles. The molecule has 0 bridgehead atoms. The molecule has 0 unspecified atom stereocenters. The molecule has 0 amide bonds. The van der Waals surface area contributed by atoms with E-state index >= 15 is 0 Å². The fourth-order valence-electron chi connectivity index (χ4n) is 1.71. The normalized spacial score (nSPS) is 10.7. The van der Waals surface area contributed by atoms with E-state index in [2.05, 4.69) is 12.2 Å². The Morgan fingerprint density at radius 3 is 2.74 bits per heavy atom. The van der Waals surface area contributed by atoms with Crippen LogP contribution in [0.5, 0.6) is 0 Å². The van der Waals surface area contributed by atoms with Gasteiger partial charge in [-0.25, -0.2) is 4.39 Å². The summed E-state index contributed by atoms with van der Waals surface area (Å²) in [4.78, 5) is 1.93. The molecule has 4 heteroatoms. The fourth-order valence-corrected chi connectivity index (χ4v) is 3.03. The van der Waals surface area contributed by atoms with Gasteiger partial charge in [-0.15, -0.1) is 0 Å². The molecule has 0 fully saturated rings. The van der Waals surface area contributed by atoms with Crippen molar-refractivity contribution in [1.82, 2.24) is 5.32 Å². The summed E-state index contributed by atoms with van der Waals surface area (Å²) in [6, 6.07) is 12.4. The smallest absolute Gasteiger partial charge is 0.124 e. The van der Waals surface area contributed by atoms with Crippen molar-refractivity contribution in [3.63, 3.8) is 0 Å². The van der Waals surface area contributed by atoms with Gasteiger partial charge in [-0.05, 0) is 42.4 Å². The molecule has 1 N–H and O–H groups in total. The molecule has 0 radical (unpaired) electrons. The Balaban J connectivity index is 2.26. The predicted octanol–water partition coefficient (Wildman–Crippen LogP) is 4.74. The van der Waals surface area contributed by atoms with Crippen LogP contribution in [-0.2, 0) is 6.54 Å². The van der Waals surface area contributed by atoms with E-state index in [1.54, 1.807) is 6.07 Å². The topological polar surface area (TPSA) is 12.0 Å². The van der Waals surface area contributed by atoms with Gasteiger partial charge in [0.15, 0.2) is 0 Å². The summed E-state index contributed by atoms with van der Waals surface area (Å²) in [6.07, 6.45) is 0. The van der Waals surface area contributed by atoms with Crippen molar-refractivity contribution >= 4 is 23.4 Å². The summed E-state index contributed by atoms with van der Waals surface area (Å²) < 4.78 is 13.2. The Hall–Kier alpha value is -1.03. The first kappa shape index (κ1) is 14.4. The van der Waals surface area contributed by atoms with Gasteiger partial charge in [-0.3, -0.25) is 0 Å². The highest BCUT2D eigenvalue weighted by Gasteiger charge is 2.08. The van der Waals surface area contributed by atoms with E-state index in [1.165, 1.54) is 23.9 Å². The number of nitrogens with one attached hydrogen (secondary N) is 1. The van der Waals surface area contributed by atoms with Gasteiger partial charge in [0.2, 0.25) is 0 Å². The molecule has 0 saturated carbocycles. The highest BCUT2D eigenvalue weighted by atomic mass is 35.5. The van der Waals surface area contributed by atoms with Crippen LogP contribution in [0.15, 0.2) is 52.3 Å². The van der Waals surface area contributed by atoms with Crippen molar-refractivity contribution in [2.24, 2.45) is 0 Å². The molecule has 19 heavy (non-hydrogen) atoms.